The summed E-state index contributed by atoms with van der Waals surface area (Å²) in [5.41, 5.74) is 0. The highest BCUT2D eigenvalue weighted by Gasteiger charge is 2.39. The Hall–Kier alpha value is -1.90. The number of hydrogen-bond acceptors (Lipinski definition) is 5. The molecule has 8 heteroatoms. The Labute approximate surface area is 148 Å². The number of rotatable bonds is 5. The number of hydrogen-bond donors (Lipinski definition) is 0. The van der Waals surface area contributed by atoms with Crippen molar-refractivity contribution in [2.75, 3.05) is 20.2 Å². The van der Waals surface area contributed by atoms with Gasteiger partial charge in [-0.15, -0.1) is 0 Å². The molecule has 1 aliphatic heterocycles. The zero-order valence-corrected chi connectivity index (χ0v) is 15.3. The van der Waals surface area contributed by atoms with E-state index in [0.29, 0.717) is 5.75 Å². The van der Waals surface area contributed by atoms with Crippen LogP contribution in [0.4, 0.5) is 0 Å². The van der Waals surface area contributed by atoms with Crippen molar-refractivity contribution in [3.63, 3.8) is 0 Å². The quantitative estimate of drug-likeness (QED) is 0.791. The van der Waals surface area contributed by atoms with Gasteiger partial charge in [-0.1, -0.05) is 18.2 Å². The Morgan fingerprint density at radius 2 is 1.56 bits per heavy atom. The normalized spacial score (nSPS) is 19.0. The average Bonchev–Trinajstić information content (AvgIpc) is 3.14. The average molecular weight is 381 g/mol. The highest BCUT2D eigenvalue weighted by molar-refractivity contribution is 7.92. The van der Waals surface area contributed by atoms with E-state index in [9.17, 15) is 16.8 Å². The summed E-state index contributed by atoms with van der Waals surface area (Å²) in [4.78, 5) is 0.356. The van der Waals surface area contributed by atoms with Crippen LogP contribution in [0.1, 0.15) is 6.42 Å². The first-order chi connectivity index (χ1) is 11.9. The van der Waals surface area contributed by atoms with Crippen molar-refractivity contribution in [2.24, 2.45) is 0 Å². The summed E-state index contributed by atoms with van der Waals surface area (Å²) in [5, 5.41) is -0.733. The smallest absolute Gasteiger partial charge is 0.243 e. The van der Waals surface area contributed by atoms with Gasteiger partial charge in [-0.2, -0.15) is 4.31 Å². The summed E-state index contributed by atoms with van der Waals surface area (Å²) in [5.74, 6) is 0.560. The molecular formula is C17H19NO5S2. The Bertz CT molecular complexity index is 938. The molecule has 0 spiro atoms. The molecule has 0 saturated carbocycles. The highest BCUT2D eigenvalue weighted by atomic mass is 32.2. The van der Waals surface area contributed by atoms with Gasteiger partial charge in [0, 0.05) is 13.1 Å². The zero-order chi connectivity index (χ0) is 18.1. The van der Waals surface area contributed by atoms with E-state index in [1.165, 1.54) is 35.7 Å². The van der Waals surface area contributed by atoms with Gasteiger partial charge in [0.25, 0.3) is 0 Å². The third-order valence-electron chi connectivity index (χ3n) is 4.32. The van der Waals surface area contributed by atoms with Crippen LogP contribution in [0.5, 0.6) is 5.75 Å². The van der Waals surface area contributed by atoms with Crippen LogP contribution < -0.4 is 4.74 Å². The molecule has 0 amide bonds. The van der Waals surface area contributed by atoms with Crippen LogP contribution in [0.3, 0.4) is 0 Å². The van der Waals surface area contributed by atoms with Crippen molar-refractivity contribution < 1.29 is 21.6 Å². The van der Waals surface area contributed by atoms with E-state index in [-0.39, 0.29) is 29.3 Å². The van der Waals surface area contributed by atoms with Gasteiger partial charge < -0.3 is 4.74 Å². The number of ether oxygens (including phenoxy) is 1. The van der Waals surface area contributed by atoms with Gasteiger partial charge in [-0.25, -0.2) is 16.8 Å². The van der Waals surface area contributed by atoms with E-state index < -0.39 is 25.1 Å². The molecule has 1 unspecified atom stereocenters. The van der Waals surface area contributed by atoms with Crippen molar-refractivity contribution in [1.29, 1.82) is 0 Å². The van der Waals surface area contributed by atoms with Crippen LogP contribution in [-0.4, -0.2) is 46.6 Å². The first-order valence-electron chi connectivity index (χ1n) is 7.79. The maximum Gasteiger partial charge on any atom is 0.243 e. The molecule has 6 nitrogen and oxygen atoms in total. The van der Waals surface area contributed by atoms with Gasteiger partial charge in [0.1, 0.15) is 5.75 Å². The minimum atomic E-state index is -3.73. The second kappa shape index (κ2) is 6.78. The molecule has 0 radical (unpaired) electrons. The molecule has 1 saturated heterocycles. The fourth-order valence-electron chi connectivity index (χ4n) is 2.87. The topological polar surface area (TPSA) is 80.8 Å². The number of methoxy groups -OCH3 is 1. The van der Waals surface area contributed by atoms with E-state index in [1.54, 1.807) is 30.3 Å². The van der Waals surface area contributed by atoms with Gasteiger partial charge in [-0.3, -0.25) is 0 Å². The van der Waals surface area contributed by atoms with E-state index in [1.807, 2.05) is 0 Å². The Balaban J connectivity index is 1.82. The van der Waals surface area contributed by atoms with Gasteiger partial charge >= 0.3 is 0 Å². The minimum Gasteiger partial charge on any atom is -0.497 e. The summed E-state index contributed by atoms with van der Waals surface area (Å²) in [6.45, 7) is 0.149. The molecule has 1 heterocycles. The van der Waals surface area contributed by atoms with Crippen LogP contribution in [0.2, 0.25) is 0 Å². The van der Waals surface area contributed by atoms with Crippen LogP contribution in [0, 0.1) is 0 Å². The number of sulfonamides is 1. The largest absolute Gasteiger partial charge is 0.497 e. The lowest BCUT2D eigenvalue weighted by Crippen LogP contribution is -2.32. The molecule has 2 aromatic rings. The molecule has 1 aliphatic rings. The summed E-state index contributed by atoms with van der Waals surface area (Å²) in [7, 11) is -5.77. The molecule has 2 aromatic carbocycles. The summed E-state index contributed by atoms with van der Waals surface area (Å²) in [6.07, 6.45) is 0.284. The van der Waals surface area contributed by atoms with Crippen molar-refractivity contribution >= 4 is 19.9 Å². The molecule has 0 aliphatic carbocycles. The predicted molar refractivity (Wildman–Crippen MR) is 93.8 cm³/mol. The molecule has 134 valence electrons. The lowest BCUT2D eigenvalue weighted by Gasteiger charge is -2.17. The Kier molecular flexibility index (Phi) is 4.86. The van der Waals surface area contributed by atoms with Gasteiger partial charge in [0.05, 0.1) is 22.2 Å². The number of benzene rings is 2. The fourth-order valence-corrected chi connectivity index (χ4v) is 6.18. The highest BCUT2D eigenvalue weighted by Crippen LogP contribution is 2.28. The molecule has 3 rings (SSSR count). The summed E-state index contributed by atoms with van der Waals surface area (Å²) >= 11 is 0. The Morgan fingerprint density at radius 1 is 0.920 bits per heavy atom. The molecule has 0 N–H and O–H groups in total. The third kappa shape index (κ3) is 3.42. The van der Waals surface area contributed by atoms with Crippen LogP contribution in [-0.2, 0) is 19.9 Å². The molecule has 1 atom stereocenters. The first kappa shape index (κ1) is 17.9. The monoisotopic (exact) mass is 381 g/mol. The molecule has 0 bridgehead atoms. The maximum atomic E-state index is 12.7. The Morgan fingerprint density at radius 3 is 2.16 bits per heavy atom. The van der Waals surface area contributed by atoms with Crippen LogP contribution in [0.25, 0.3) is 0 Å². The van der Waals surface area contributed by atoms with Crippen molar-refractivity contribution in [2.45, 2.75) is 21.5 Å². The third-order valence-corrected chi connectivity index (χ3v) is 8.39. The zero-order valence-electron chi connectivity index (χ0n) is 13.7. The lowest BCUT2D eigenvalue weighted by molar-refractivity contribution is 0.414. The van der Waals surface area contributed by atoms with Crippen LogP contribution >= 0.6 is 0 Å². The number of nitrogens with zero attached hydrogens (tertiary/aromatic N) is 1. The fraction of sp³-hybridized carbons (Fsp3) is 0.294. The molecule has 1 fully saturated rings. The van der Waals surface area contributed by atoms with E-state index >= 15 is 0 Å². The predicted octanol–water partition coefficient (Wildman–Crippen LogP) is 1.93. The van der Waals surface area contributed by atoms with E-state index in [2.05, 4.69) is 0 Å². The summed E-state index contributed by atoms with van der Waals surface area (Å²) in [6, 6.07) is 14.2. The molecule has 25 heavy (non-hydrogen) atoms. The van der Waals surface area contributed by atoms with Gasteiger partial charge in [0.15, 0.2) is 9.84 Å². The van der Waals surface area contributed by atoms with E-state index in [0.717, 1.165) is 0 Å². The SMILES string of the molecule is COc1ccc(S(=O)(=O)N2CCC(S(=O)(=O)c3ccccc3)C2)cc1. The summed E-state index contributed by atoms with van der Waals surface area (Å²) < 4.78 is 57.1. The first-order valence-corrected chi connectivity index (χ1v) is 10.8. The van der Waals surface area contributed by atoms with Crippen LogP contribution in [0.15, 0.2) is 64.4 Å². The van der Waals surface area contributed by atoms with E-state index in [4.69, 9.17) is 4.74 Å². The number of sulfone groups is 1. The maximum absolute atomic E-state index is 12.7. The minimum absolute atomic E-state index is 0.0361. The molecule has 0 aromatic heterocycles. The van der Waals surface area contributed by atoms with Crippen molar-refractivity contribution in [3.8, 4) is 5.75 Å². The van der Waals surface area contributed by atoms with Gasteiger partial charge in [0.2, 0.25) is 10.0 Å². The second-order valence-corrected chi connectivity index (χ2v) is 9.97. The standard InChI is InChI=1S/C17H19NO5S2/c1-23-14-7-9-16(10-8-14)25(21,22)18-12-11-17(13-18)24(19,20)15-5-3-2-4-6-15/h2-10,17H,11-13H2,1H3. The van der Waals surface area contributed by atoms with Crippen molar-refractivity contribution in [1.82, 2.24) is 4.31 Å². The lowest BCUT2D eigenvalue weighted by atomic mass is 10.3. The van der Waals surface area contributed by atoms with Gasteiger partial charge in [-0.05, 0) is 42.8 Å². The second-order valence-electron chi connectivity index (χ2n) is 5.81. The molecular weight excluding hydrogens is 362 g/mol. The van der Waals surface area contributed by atoms with Crippen molar-refractivity contribution in [3.05, 3.63) is 54.6 Å².